The van der Waals surface area contributed by atoms with Crippen molar-refractivity contribution in [1.29, 1.82) is 0 Å². The van der Waals surface area contributed by atoms with Gasteiger partial charge in [0.25, 0.3) is 0 Å². The van der Waals surface area contributed by atoms with Gasteiger partial charge in [0.1, 0.15) is 0 Å². The molecule has 0 N–H and O–H groups in total. The molecule has 0 radical (unpaired) electrons. The predicted molar refractivity (Wildman–Crippen MR) is 96.1 cm³/mol. The van der Waals surface area contributed by atoms with Crippen molar-refractivity contribution in [2.24, 2.45) is 23.7 Å². The molecule has 2 fully saturated rings. The lowest BCUT2D eigenvalue weighted by molar-refractivity contribution is 0.0779. The molecule has 0 bridgehead atoms. The van der Waals surface area contributed by atoms with Crippen LogP contribution in [0.3, 0.4) is 0 Å². The summed E-state index contributed by atoms with van der Waals surface area (Å²) in [6.07, 6.45) is 20.4. The quantitative estimate of drug-likeness (QED) is 0.373. The number of hydrogen-bond donors (Lipinski definition) is 0. The Morgan fingerprint density at radius 3 is 2.00 bits per heavy atom. The van der Waals surface area contributed by atoms with E-state index in [1.807, 2.05) is 0 Å². The van der Waals surface area contributed by atoms with Gasteiger partial charge in [0, 0.05) is 6.61 Å². The second-order valence-corrected chi connectivity index (χ2v) is 7.81. The van der Waals surface area contributed by atoms with Gasteiger partial charge in [-0.2, -0.15) is 0 Å². The summed E-state index contributed by atoms with van der Waals surface area (Å²) in [6.45, 7) is 6.18. The van der Waals surface area contributed by atoms with Gasteiger partial charge in [-0.1, -0.05) is 51.2 Å². The molecule has 0 amide bonds. The average Bonchev–Trinajstić information content (AvgIpc) is 2.58. The van der Waals surface area contributed by atoms with Crippen LogP contribution in [0.5, 0.6) is 0 Å². The number of ether oxygens (including phenoxy) is 1. The van der Waals surface area contributed by atoms with Gasteiger partial charge in [0.05, 0.1) is 6.61 Å². The summed E-state index contributed by atoms with van der Waals surface area (Å²) in [5.74, 6) is 4.00. The highest BCUT2D eigenvalue weighted by Gasteiger charge is 2.30. The van der Waals surface area contributed by atoms with Gasteiger partial charge in [0.2, 0.25) is 0 Å². The van der Waals surface area contributed by atoms with Gasteiger partial charge in [-0.25, -0.2) is 0 Å². The van der Waals surface area contributed by atoms with Gasteiger partial charge in [-0.15, -0.1) is 0 Å². The van der Waals surface area contributed by atoms with E-state index in [0.29, 0.717) is 0 Å². The number of unbranched alkanes of at least 4 members (excludes halogenated alkanes) is 1. The molecule has 0 unspecified atom stereocenters. The Bertz CT molecular complexity index is 293. The molecule has 0 spiro atoms. The molecule has 2 aliphatic rings. The zero-order chi connectivity index (χ0) is 15.6. The molecule has 0 aromatic rings. The molecule has 2 aliphatic carbocycles. The van der Waals surface area contributed by atoms with E-state index in [4.69, 9.17) is 4.74 Å². The molecule has 0 atom stereocenters. The van der Waals surface area contributed by atoms with E-state index >= 15 is 0 Å². The monoisotopic (exact) mass is 306 g/mol. The lowest BCUT2D eigenvalue weighted by Crippen LogP contribution is -2.27. The van der Waals surface area contributed by atoms with Gasteiger partial charge in [-0.3, -0.25) is 0 Å². The van der Waals surface area contributed by atoms with Crippen LogP contribution in [0.15, 0.2) is 12.2 Å². The summed E-state index contributed by atoms with van der Waals surface area (Å²) in [6, 6.07) is 0. The molecular formula is C21H38O. The lowest BCUT2D eigenvalue weighted by Gasteiger charge is -2.37. The zero-order valence-corrected chi connectivity index (χ0v) is 15.1. The Balaban J connectivity index is 1.59. The van der Waals surface area contributed by atoms with E-state index in [1.165, 1.54) is 70.6 Å². The Hall–Kier alpha value is -0.300. The minimum Gasteiger partial charge on any atom is -0.377 e. The Morgan fingerprint density at radius 1 is 0.864 bits per heavy atom. The summed E-state index contributed by atoms with van der Waals surface area (Å²) in [5.41, 5.74) is 0. The average molecular weight is 307 g/mol. The smallest absolute Gasteiger partial charge is 0.0647 e. The van der Waals surface area contributed by atoms with Crippen LogP contribution in [-0.4, -0.2) is 13.2 Å². The van der Waals surface area contributed by atoms with E-state index in [9.17, 15) is 0 Å². The SMILES string of the molecule is C/C=C\COCC1CCC(C2CCC(CCCC)CC2)CC1. The molecule has 0 aromatic heterocycles. The fourth-order valence-electron chi connectivity index (χ4n) is 4.67. The third-order valence-corrected chi connectivity index (χ3v) is 6.22. The highest BCUT2D eigenvalue weighted by molar-refractivity contribution is 4.82. The predicted octanol–water partition coefficient (Wildman–Crippen LogP) is 6.38. The molecule has 128 valence electrons. The van der Waals surface area contributed by atoms with Crippen molar-refractivity contribution < 1.29 is 4.74 Å². The third-order valence-electron chi connectivity index (χ3n) is 6.22. The highest BCUT2D eigenvalue weighted by atomic mass is 16.5. The van der Waals surface area contributed by atoms with Crippen LogP contribution in [0.25, 0.3) is 0 Å². The third kappa shape index (κ3) is 6.07. The summed E-state index contributed by atoms with van der Waals surface area (Å²) in [5, 5.41) is 0. The normalized spacial score (nSPS) is 33.4. The fraction of sp³-hybridized carbons (Fsp3) is 0.905. The summed E-state index contributed by atoms with van der Waals surface area (Å²) >= 11 is 0. The van der Waals surface area contributed by atoms with E-state index in [-0.39, 0.29) is 0 Å². The van der Waals surface area contributed by atoms with Crippen LogP contribution in [0.4, 0.5) is 0 Å². The summed E-state index contributed by atoms with van der Waals surface area (Å²) < 4.78 is 5.76. The van der Waals surface area contributed by atoms with Crippen LogP contribution in [0.2, 0.25) is 0 Å². The number of hydrogen-bond acceptors (Lipinski definition) is 1. The maximum atomic E-state index is 5.76. The molecule has 0 saturated heterocycles. The molecule has 1 heteroatoms. The summed E-state index contributed by atoms with van der Waals surface area (Å²) in [7, 11) is 0. The van der Waals surface area contributed by atoms with Crippen molar-refractivity contribution in [2.45, 2.75) is 84.5 Å². The maximum absolute atomic E-state index is 5.76. The zero-order valence-electron chi connectivity index (χ0n) is 15.1. The lowest BCUT2D eigenvalue weighted by atomic mass is 9.69. The summed E-state index contributed by atoms with van der Waals surface area (Å²) in [4.78, 5) is 0. The number of allylic oxidation sites excluding steroid dienone is 1. The van der Waals surface area contributed by atoms with Gasteiger partial charge >= 0.3 is 0 Å². The van der Waals surface area contributed by atoms with Crippen LogP contribution in [0, 0.1) is 23.7 Å². The standard InChI is InChI=1S/C21H38O/c1-3-5-7-18-8-12-20(13-9-18)21-14-10-19(11-15-21)17-22-16-6-4-2/h4,6,18-21H,3,5,7-17H2,1-2H3/b6-4-. The molecule has 2 rings (SSSR count). The molecule has 0 aromatic carbocycles. The highest BCUT2D eigenvalue weighted by Crippen LogP contribution is 2.42. The topological polar surface area (TPSA) is 9.23 Å². The Labute approximate surface area is 138 Å². The van der Waals surface area contributed by atoms with Crippen molar-refractivity contribution in [1.82, 2.24) is 0 Å². The van der Waals surface area contributed by atoms with Crippen LogP contribution in [-0.2, 0) is 4.74 Å². The second kappa shape index (κ2) is 10.5. The van der Waals surface area contributed by atoms with Gasteiger partial charge < -0.3 is 4.74 Å². The van der Waals surface area contributed by atoms with E-state index in [1.54, 1.807) is 0 Å². The first-order chi connectivity index (χ1) is 10.8. The van der Waals surface area contributed by atoms with E-state index in [0.717, 1.165) is 36.9 Å². The molecule has 0 aliphatic heterocycles. The fourth-order valence-corrected chi connectivity index (χ4v) is 4.67. The molecule has 2 saturated carbocycles. The van der Waals surface area contributed by atoms with Gasteiger partial charge in [-0.05, 0) is 69.1 Å². The Morgan fingerprint density at radius 2 is 1.45 bits per heavy atom. The van der Waals surface area contributed by atoms with Crippen molar-refractivity contribution in [3.63, 3.8) is 0 Å². The first-order valence-electron chi connectivity index (χ1n) is 10.0. The van der Waals surface area contributed by atoms with Crippen molar-refractivity contribution >= 4 is 0 Å². The van der Waals surface area contributed by atoms with Crippen LogP contribution < -0.4 is 0 Å². The number of rotatable bonds is 8. The van der Waals surface area contributed by atoms with Crippen molar-refractivity contribution in [3.05, 3.63) is 12.2 Å². The van der Waals surface area contributed by atoms with E-state index in [2.05, 4.69) is 26.0 Å². The first-order valence-corrected chi connectivity index (χ1v) is 10.0. The molecular weight excluding hydrogens is 268 g/mol. The maximum Gasteiger partial charge on any atom is 0.0647 e. The second-order valence-electron chi connectivity index (χ2n) is 7.81. The molecule has 0 heterocycles. The minimum absolute atomic E-state index is 0.804. The largest absolute Gasteiger partial charge is 0.377 e. The minimum atomic E-state index is 0.804. The molecule has 1 nitrogen and oxygen atoms in total. The van der Waals surface area contributed by atoms with Gasteiger partial charge in [0.15, 0.2) is 0 Å². The van der Waals surface area contributed by atoms with Crippen LogP contribution >= 0.6 is 0 Å². The van der Waals surface area contributed by atoms with Crippen molar-refractivity contribution in [2.75, 3.05) is 13.2 Å². The molecule has 22 heavy (non-hydrogen) atoms. The van der Waals surface area contributed by atoms with Crippen LogP contribution in [0.1, 0.15) is 84.5 Å². The Kier molecular flexibility index (Phi) is 8.59. The van der Waals surface area contributed by atoms with Crippen molar-refractivity contribution in [3.8, 4) is 0 Å². The van der Waals surface area contributed by atoms with E-state index < -0.39 is 0 Å². The first kappa shape index (κ1) is 18.0.